The molecule has 2 N–H and O–H groups in total. The number of nitrogens with zero attached hydrogens (tertiary/aromatic N) is 3. The lowest BCUT2D eigenvalue weighted by atomic mass is 10.1. The van der Waals surface area contributed by atoms with E-state index in [1.54, 1.807) is 34.0 Å². The number of hydrogen-bond acceptors (Lipinski definition) is 4. The highest BCUT2D eigenvalue weighted by atomic mass is 16.3. The minimum absolute atomic E-state index is 0.183. The predicted octanol–water partition coefficient (Wildman–Crippen LogP) is 0.397. The summed E-state index contributed by atoms with van der Waals surface area (Å²) in [6.45, 7) is 5.27. The fourth-order valence-electron chi connectivity index (χ4n) is 2.09. The van der Waals surface area contributed by atoms with Crippen LogP contribution in [0.2, 0.25) is 0 Å². The van der Waals surface area contributed by atoms with Crippen molar-refractivity contribution in [3.05, 3.63) is 38.3 Å². The lowest BCUT2D eigenvalue weighted by Crippen LogP contribution is -2.32. The Hall–Kier alpha value is -2.31. The van der Waals surface area contributed by atoms with E-state index in [1.165, 1.54) is 4.68 Å². The standard InChI is InChI=1S/C12H16N4O3/c1-6(2)9-10(17)13-12(19)16(11(9)18)8-5-15(4)14-7(8)3/h5-6,18H,1-4H3,(H,13,17,19). The molecule has 7 heteroatoms. The molecule has 0 bridgehead atoms. The van der Waals surface area contributed by atoms with Crippen LogP contribution < -0.4 is 11.2 Å². The summed E-state index contributed by atoms with van der Waals surface area (Å²) in [6, 6.07) is 0. The van der Waals surface area contributed by atoms with E-state index >= 15 is 0 Å². The number of aromatic hydroxyl groups is 1. The van der Waals surface area contributed by atoms with E-state index in [0.717, 1.165) is 4.57 Å². The van der Waals surface area contributed by atoms with Crippen LogP contribution in [0.15, 0.2) is 15.8 Å². The van der Waals surface area contributed by atoms with Crippen LogP contribution in [0.3, 0.4) is 0 Å². The van der Waals surface area contributed by atoms with Gasteiger partial charge in [0, 0.05) is 13.2 Å². The Bertz CT molecular complexity index is 736. The molecule has 0 radical (unpaired) electrons. The normalized spacial score (nSPS) is 11.2. The molecule has 2 aromatic rings. The fourth-order valence-corrected chi connectivity index (χ4v) is 2.09. The monoisotopic (exact) mass is 264 g/mol. The molecular formula is C12H16N4O3. The third-order valence-electron chi connectivity index (χ3n) is 2.93. The molecular weight excluding hydrogens is 248 g/mol. The lowest BCUT2D eigenvalue weighted by Gasteiger charge is -2.12. The molecule has 0 spiro atoms. The summed E-state index contributed by atoms with van der Waals surface area (Å²) in [5, 5.41) is 14.3. The highest BCUT2D eigenvalue weighted by Crippen LogP contribution is 2.23. The van der Waals surface area contributed by atoms with Crippen LogP contribution in [0, 0.1) is 6.92 Å². The van der Waals surface area contributed by atoms with Gasteiger partial charge in [-0.2, -0.15) is 5.10 Å². The topological polar surface area (TPSA) is 92.9 Å². The number of aromatic nitrogens is 4. The highest BCUT2D eigenvalue weighted by molar-refractivity contribution is 5.40. The first-order chi connectivity index (χ1) is 8.82. The van der Waals surface area contributed by atoms with Gasteiger partial charge in [0.15, 0.2) is 0 Å². The van der Waals surface area contributed by atoms with E-state index in [1.807, 2.05) is 0 Å². The maximum atomic E-state index is 11.9. The van der Waals surface area contributed by atoms with Crippen molar-refractivity contribution in [3.63, 3.8) is 0 Å². The van der Waals surface area contributed by atoms with Gasteiger partial charge in [0.05, 0.1) is 16.9 Å². The molecule has 0 saturated carbocycles. The van der Waals surface area contributed by atoms with Gasteiger partial charge in [-0.25, -0.2) is 9.36 Å². The molecule has 0 aliphatic rings. The number of hydrogen-bond donors (Lipinski definition) is 2. The Labute approximate surface area is 109 Å². The van der Waals surface area contributed by atoms with Crippen molar-refractivity contribution < 1.29 is 5.11 Å². The molecule has 19 heavy (non-hydrogen) atoms. The second-order valence-corrected chi connectivity index (χ2v) is 4.76. The Balaban J connectivity index is 2.85. The smallest absolute Gasteiger partial charge is 0.335 e. The number of rotatable bonds is 2. The minimum Gasteiger partial charge on any atom is -0.494 e. The summed E-state index contributed by atoms with van der Waals surface area (Å²) in [4.78, 5) is 25.9. The molecule has 0 aromatic carbocycles. The molecule has 102 valence electrons. The quantitative estimate of drug-likeness (QED) is 0.821. The van der Waals surface area contributed by atoms with Crippen molar-refractivity contribution in [1.82, 2.24) is 19.3 Å². The third-order valence-corrected chi connectivity index (χ3v) is 2.93. The van der Waals surface area contributed by atoms with Gasteiger partial charge in [-0.3, -0.25) is 14.5 Å². The van der Waals surface area contributed by atoms with Crippen LogP contribution in [0.1, 0.15) is 31.0 Å². The molecule has 0 fully saturated rings. The molecule has 2 heterocycles. The maximum Gasteiger partial charge on any atom is 0.335 e. The highest BCUT2D eigenvalue weighted by Gasteiger charge is 2.19. The zero-order chi connectivity index (χ0) is 14.3. The van der Waals surface area contributed by atoms with E-state index in [-0.39, 0.29) is 17.4 Å². The van der Waals surface area contributed by atoms with Crippen LogP contribution >= 0.6 is 0 Å². The van der Waals surface area contributed by atoms with E-state index < -0.39 is 11.2 Å². The largest absolute Gasteiger partial charge is 0.494 e. The van der Waals surface area contributed by atoms with Crippen LogP contribution in [-0.2, 0) is 7.05 Å². The summed E-state index contributed by atoms with van der Waals surface area (Å²) >= 11 is 0. The van der Waals surface area contributed by atoms with Crippen molar-refractivity contribution in [3.8, 4) is 11.6 Å². The molecule has 0 aliphatic heterocycles. The molecule has 0 aliphatic carbocycles. The minimum atomic E-state index is -0.678. The average molecular weight is 264 g/mol. The van der Waals surface area contributed by atoms with Crippen molar-refractivity contribution in [2.45, 2.75) is 26.7 Å². The number of nitrogens with one attached hydrogen (secondary N) is 1. The van der Waals surface area contributed by atoms with Gasteiger partial charge in [-0.15, -0.1) is 0 Å². The lowest BCUT2D eigenvalue weighted by molar-refractivity contribution is 0.419. The molecule has 2 rings (SSSR count). The molecule has 0 amide bonds. The first kappa shape index (κ1) is 13.1. The van der Waals surface area contributed by atoms with Crippen molar-refractivity contribution >= 4 is 0 Å². The van der Waals surface area contributed by atoms with Gasteiger partial charge in [0.1, 0.15) is 0 Å². The first-order valence-electron chi connectivity index (χ1n) is 5.91. The number of H-pyrrole nitrogens is 1. The summed E-state index contributed by atoms with van der Waals surface area (Å²) in [5.41, 5.74) is -0.0223. The summed E-state index contributed by atoms with van der Waals surface area (Å²) in [5.74, 6) is -0.535. The summed E-state index contributed by atoms with van der Waals surface area (Å²) in [6.07, 6.45) is 1.61. The van der Waals surface area contributed by atoms with E-state index in [4.69, 9.17) is 0 Å². The Morgan fingerprint density at radius 2 is 2.00 bits per heavy atom. The van der Waals surface area contributed by atoms with Gasteiger partial charge < -0.3 is 5.11 Å². The second-order valence-electron chi connectivity index (χ2n) is 4.76. The SMILES string of the molecule is Cc1nn(C)cc1-n1c(O)c(C(C)C)c(=O)[nH]c1=O. The van der Waals surface area contributed by atoms with Crippen molar-refractivity contribution in [1.29, 1.82) is 0 Å². The van der Waals surface area contributed by atoms with E-state index in [9.17, 15) is 14.7 Å². The van der Waals surface area contributed by atoms with Crippen molar-refractivity contribution in [2.75, 3.05) is 0 Å². The van der Waals surface area contributed by atoms with Crippen LogP contribution in [0.25, 0.3) is 5.69 Å². The zero-order valence-electron chi connectivity index (χ0n) is 11.3. The fraction of sp³-hybridized carbons (Fsp3) is 0.417. The third kappa shape index (κ3) is 2.07. The second kappa shape index (κ2) is 4.42. The summed E-state index contributed by atoms with van der Waals surface area (Å²) in [7, 11) is 1.72. The maximum absolute atomic E-state index is 11.9. The van der Waals surface area contributed by atoms with E-state index in [2.05, 4.69) is 10.1 Å². The number of aryl methyl sites for hydroxylation is 2. The Morgan fingerprint density at radius 1 is 1.37 bits per heavy atom. The van der Waals surface area contributed by atoms with Gasteiger partial charge in [0.25, 0.3) is 5.56 Å². The van der Waals surface area contributed by atoms with Gasteiger partial charge in [-0.05, 0) is 12.8 Å². The average Bonchev–Trinajstić information content (AvgIpc) is 2.56. The molecule has 0 unspecified atom stereocenters. The van der Waals surface area contributed by atoms with Crippen LogP contribution in [-0.4, -0.2) is 24.4 Å². The molecule has 7 nitrogen and oxygen atoms in total. The number of aromatic amines is 1. The van der Waals surface area contributed by atoms with Crippen molar-refractivity contribution in [2.24, 2.45) is 7.05 Å². The molecule has 2 aromatic heterocycles. The van der Waals surface area contributed by atoms with E-state index in [0.29, 0.717) is 11.4 Å². The molecule has 0 atom stereocenters. The van der Waals surface area contributed by atoms with Gasteiger partial charge in [0.2, 0.25) is 5.88 Å². The predicted molar refractivity (Wildman–Crippen MR) is 69.9 cm³/mol. The van der Waals surface area contributed by atoms with Gasteiger partial charge in [-0.1, -0.05) is 13.8 Å². The van der Waals surface area contributed by atoms with Crippen LogP contribution in [0.5, 0.6) is 5.88 Å². The Kier molecular flexibility index (Phi) is 3.05. The summed E-state index contributed by atoms with van der Waals surface area (Å²) < 4.78 is 2.61. The zero-order valence-corrected chi connectivity index (χ0v) is 11.3. The van der Waals surface area contributed by atoms with Crippen LogP contribution in [0.4, 0.5) is 0 Å². The Morgan fingerprint density at radius 3 is 2.47 bits per heavy atom. The first-order valence-corrected chi connectivity index (χ1v) is 5.91. The van der Waals surface area contributed by atoms with Gasteiger partial charge >= 0.3 is 5.69 Å². The molecule has 0 saturated heterocycles.